The van der Waals surface area contributed by atoms with Crippen LogP contribution in [0.1, 0.15) is 55.2 Å². The monoisotopic (exact) mass is 529 g/mol. The molecular weight excluding hydrogens is 498 g/mol. The third kappa shape index (κ3) is 5.95. The minimum absolute atomic E-state index is 0.0127. The van der Waals surface area contributed by atoms with Gasteiger partial charge in [0.1, 0.15) is 17.3 Å². The largest absolute Gasteiger partial charge is 0.508 e. The van der Waals surface area contributed by atoms with Crippen LogP contribution >= 0.6 is 0 Å². The Morgan fingerprint density at radius 1 is 0.923 bits per heavy atom. The van der Waals surface area contributed by atoms with Gasteiger partial charge in [-0.25, -0.2) is 4.79 Å². The Labute approximate surface area is 227 Å². The minimum Gasteiger partial charge on any atom is -0.508 e. The number of benzene rings is 3. The van der Waals surface area contributed by atoms with Crippen molar-refractivity contribution >= 4 is 29.1 Å². The molecule has 4 rings (SSSR count). The Morgan fingerprint density at radius 3 is 2.21 bits per heavy atom. The topological polar surface area (TPSA) is 113 Å². The predicted molar refractivity (Wildman–Crippen MR) is 147 cm³/mol. The zero-order valence-electron chi connectivity index (χ0n) is 22.3. The van der Waals surface area contributed by atoms with Crippen LogP contribution in [0, 0.1) is 5.92 Å². The van der Waals surface area contributed by atoms with Crippen LogP contribution in [0.2, 0.25) is 0 Å². The number of esters is 1. The van der Waals surface area contributed by atoms with Gasteiger partial charge in [0.05, 0.1) is 29.9 Å². The van der Waals surface area contributed by atoms with E-state index in [-0.39, 0.29) is 23.2 Å². The van der Waals surface area contributed by atoms with Crippen molar-refractivity contribution in [3.8, 4) is 11.5 Å². The molecule has 3 aromatic carbocycles. The van der Waals surface area contributed by atoms with Gasteiger partial charge in [0.2, 0.25) is 0 Å². The summed E-state index contributed by atoms with van der Waals surface area (Å²) < 4.78 is 11.0. The lowest BCUT2D eigenvalue weighted by Gasteiger charge is -2.25. The number of phenols is 1. The minimum atomic E-state index is -0.987. The second-order valence-corrected chi connectivity index (χ2v) is 9.99. The van der Waals surface area contributed by atoms with Crippen LogP contribution in [0.3, 0.4) is 0 Å². The molecule has 202 valence electrons. The Hall–Kier alpha value is -4.59. The number of Topliss-reactive ketones (excluding diaryl/α,β-unsaturated/α-hetero) is 1. The summed E-state index contributed by atoms with van der Waals surface area (Å²) in [6.07, 6.45) is -0.293. The van der Waals surface area contributed by atoms with Crippen LogP contribution in [0.5, 0.6) is 11.5 Å². The Balaban J connectivity index is 1.80. The summed E-state index contributed by atoms with van der Waals surface area (Å²) in [4.78, 5) is 40.3. The summed E-state index contributed by atoms with van der Waals surface area (Å²) in [6.45, 7) is 8.00. The van der Waals surface area contributed by atoms with E-state index in [0.29, 0.717) is 40.7 Å². The summed E-state index contributed by atoms with van der Waals surface area (Å²) in [7, 11) is 0. The van der Waals surface area contributed by atoms with Crippen molar-refractivity contribution in [1.82, 2.24) is 0 Å². The Bertz CT molecular complexity index is 1410. The first kappa shape index (κ1) is 27.4. The SMILES string of the molecule is CC(C)COc1cccc(/C(O)=C2\C(=O)C(=O)N(c3ccc(C(=O)OC(C)C)cc3)C2c2ccc(O)cc2)c1. The molecule has 1 saturated heterocycles. The average Bonchev–Trinajstić information content (AvgIpc) is 3.17. The normalized spacial score (nSPS) is 16.7. The van der Waals surface area contributed by atoms with Gasteiger partial charge < -0.3 is 19.7 Å². The predicted octanol–water partition coefficient (Wildman–Crippen LogP) is 5.62. The molecule has 1 aliphatic rings. The molecule has 1 atom stereocenters. The van der Waals surface area contributed by atoms with Gasteiger partial charge in [-0.3, -0.25) is 14.5 Å². The summed E-state index contributed by atoms with van der Waals surface area (Å²) in [6, 6.07) is 17.9. The number of carbonyl (C=O) groups is 3. The zero-order valence-corrected chi connectivity index (χ0v) is 22.3. The number of anilines is 1. The van der Waals surface area contributed by atoms with Crippen LogP contribution in [-0.4, -0.2) is 40.6 Å². The number of ketones is 1. The first-order valence-electron chi connectivity index (χ1n) is 12.7. The highest BCUT2D eigenvalue weighted by Crippen LogP contribution is 2.42. The van der Waals surface area contributed by atoms with E-state index in [4.69, 9.17) is 9.47 Å². The molecule has 2 N–H and O–H groups in total. The molecule has 3 aromatic rings. The van der Waals surface area contributed by atoms with Gasteiger partial charge in [-0.2, -0.15) is 0 Å². The number of nitrogens with zero attached hydrogens (tertiary/aromatic N) is 1. The molecule has 1 fully saturated rings. The van der Waals surface area contributed by atoms with E-state index in [1.807, 2.05) is 13.8 Å². The number of hydrogen-bond donors (Lipinski definition) is 2. The van der Waals surface area contributed by atoms with E-state index in [1.165, 1.54) is 29.2 Å². The number of carbonyl (C=O) groups excluding carboxylic acids is 3. The second kappa shape index (κ2) is 11.4. The lowest BCUT2D eigenvalue weighted by Crippen LogP contribution is -2.29. The van der Waals surface area contributed by atoms with E-state index in [1.54, 1.807) is 62.4 Å². The fourth-order valence-electron chi connectivity index (χ4n) is 4.26. The number of aromatic hydroxyl groups is 1. The highest BCUT2D eigenvalue weighted by Gasteiger charge is 2.47. The van der Waals surface area contributed by atoms with Crippen molar-refractivity contribution in [2.45, 2.75) is 39.8 Å². The van der Waals surface area contributed by atoms with Crippen molar-refractivity contribution in [2.75, 3.05) is 11.5 Å². The van der Waals surface area contributed by atoms with Gasteiger partial charge in [-0.1, -0.05) is 38.1 Å². The highest BCUT2D eigenvalue weighted by atomic mass is 16.5. The zero-order chi connectivity index (χ0) is 28.3. The van der Waals surface area contributed by atoms with E-state index in [9.17, 15) is 24.6 Å². The van der Waals surface area contributed by atoms with Crippen molar-refractivity contribution in [3.63, 3.8) is 0 Å². The molecule has 0 radical (unpaired) electrons. The summed E-state index contributed by atoms with van der Waals surface area (Å²) in [5.74, 6) is -1.72. The van der Waals surface area contributed by atoms with Crippen LogP contribution in [0.15, 0.2) is 78.4 Å². The molecule has 0 aliphatic carbocycles. The van der Waals surface area contributed by atoms with Crippen LogP contribution < -0.4 is 9.64 Å². The number of hydrogen-bond acceptors (Lipinski definition) is 7. The molecule has 0 aromatic heterocycles. The molecule has 39 heavy (non-hydrogen) atoms. The van der Waals surface area contributed by atoms with Crippen LogP contribution in [0.4, 0.5) is 5.69 Å². The maximum Gasteiger partial charge on any atom is 0.338 e. The van der Waals surface area contributed by atoms with Crippen LogP contribution in [0.25, 0.3) is 5.76 Å². The van der Waals surface area contributed by atoms with E-state index >= 15 is 0 Å². The lowest BCUT2D eigenvalue weighted by atomic mass is 9.95. The Kier molecular flexibility index (Phi) is 8.04. The molecule has 0 spiro atoms. The molecule has 8 nitrogen and oxygen atoms in total. The van der Waals surface area contributed by atoms with Crippen molar-refractivity contribution in [2.24, 2.45) is 5.92 Å². The summed E-state index contributed by atoms with van der Waals surface area (Å²) in [5, 5.41) is 21.2. The van der Waals surface area contributed by atoms with Crippen LogP contribution in [-0.2, 0) is 14.3 Å². The molecule has 1 aliphatic heterocycles. The molecule has 8 heteroatoms. The standard InChI is InChI=1S/C31H31NO7/c1-18(2)17-38-25-7-5-6-22(16-25)28(34)26-27(20-10-14-24(33)15-11-20)32(30(36)29(26)35)23-12-8-21(9-13-23)31(37)39-19(3)4/h5-16,18-19,27,33-34H,17H2,1-4H3/b28-26+. The number of phenolic OH excluding ortho intramolecular Hbond substituents is 1. The van der Waals surface area contributed by atoms with E-state index in [0.717, 1.165) is 0 Å². The maximum absolute atomic E-state index is 13.4. The van der Waals surface area contributed by atoms with Crippen molar-refractivity contribution < 1.29 is 34.1 Å². The number of amides is 1. The van der Waals surface area contributed by atoms with Gasteiger partial charge in [0, 0.05) is 11.3 Å². The van der Waals surface area contributed by atoms with Gasteiger partial charge >= 0.3 is 5.97 Å². The van der Waals surface area contributed by atoms with Gasteiger partial charge in [-0.15, -0.1) is 0 Å². The maximum atomic E-state index is 13.4. The highest BCUT2D eigenvalue weighted by molar-refractivity contribution is 6.51. The smallest absolute Gasteiger partial charge is 0.338 e. The van der Waals surface area contributed by atoms with Crippen molar-refractivity contribution in [3.05, 3.63) is 95.1 Å². The number of rotatable bonds is 8. The second-order valence-electron chi connectivity index (χ2n) is 9.99. The first-order chi connectivity index (χ1) is 18.6. The number of ether oxygens (including phenoxy) is 2. The fourth-order valence-corrected chi connectivity index (χ4v) is 4.26. The first-order valence-corrected chi connectivity index (χ1v) is 12.7. The Morgan fingerprint density at radius 2 is 1.59 bits per heavy atom. The summed E-state index contributed by atoms with van der Waals surface area (Å²) in [5.41, 5.74) is 1.37. The third-order valence-corrected chi connectivity index (χ3v) is 6.07. The van der Waals surface area contributed by atoms with E-state index in [2.05, 4.69) is 0 Å². The van der Waals surface area contributed by atoms with Crippen molar-refractivity contribution in [1.29, 1.82) is 0 Å². The quantitative estimate of drug-likeness (QED) is 0.169. The van der Waals surface area contributed by atoms with Gasteiger partial charge in [0.15, 0.2) is 0 Å². The molecule has 1 heterocycles. The molecule has 1 unspecified atom stereocenters. The molecular formula is C31H31NO7. The van der Waals surface area contributed by atoms with Gasteiger partial charge in [-0.05, 0) is 73.9 Å². The average molecular weight is 530 g/mol. The van der Waals surface area contributed by atoms with E-state index < -0.39 is 23.7 Å². The summed E-state index contributed by atoms with van der Waals surface area (Å²) >= 11 is 0. The molecule has 0 saturated carbocycles. The van der Waals surface area contributed by atoms with Gasteiger partial charge in [0.25, 0.3) is 11.7 Å². The number of aliphatic hydroxyl groups is 1. The number of aliphatic hydroxyl groups excluding tert-OH is 1. The molecule has 1 amide bonds. The molecule has 0 bridgehead atoms. The fraction of sp³-hybridized carbons (Fsp3) is 0.258. The third-order valence-electron chi connectivity index (χ3n) is 6.07. The lowest BCUT2D eigenvalue weighted by molar-refractivity contribution is -0.132.